The molecule has 0 spiro atoms. The zero-order chi connectivity index (χ0) is 21.4. The van der Waals surface area contributed by atoms with Gasteiger partial charge in [0.25, 0.3) is 0 Å². The maximum Gasteiger partial charge on any atom is 0.184 e. The van der Waals surface area contributed by atoms with E-state index >= 15 is 0 Å². The van der Waals surface area contributed by atoms with Crippen LogP contribution in [0, 0.1) is 13.8 Å². The van der Waals surface area contributed by atoms with Crippen LogP contribution in [-0.2, 0) is 7.05 Å². The second kappa shape index (κ2) is 8.30. The lowest BCUT2D eigenvalue weighted by Crippen LogP contribution is -2.21. The third kappa shape index (κ3) is 4.14. The van der Waals surface area contributed by atoms with Gasteiger partial charge in [0.15, 0.2) is 5.13 Å². The molecule has 0 aliphatic heterocycles. The van der Waals surface area contributed by atoms with E-state index in [-0.39, 0.29) is 0 Å². The average molecular weight is 434 g/mol. The lowest BCUT2D eigenvalue weighted by Gasteiger charge is -2.22. The van der Waals surface area contributed by atoms with Crippen LogP contribution in [0.25, 0.3) is 21.5 Å². The van der Waals surface area contributed by atoms with E-state index in [0.29, 0.717) is 6.04 Å². The summed E-state index contributed by atoms with van der Waals surface area (Å²) < 4.78 is 9.20. The lowest BCUT2D eigenvalue weighted by atomic mass is 9.96. The molecule has 1 N–H and O–H groups in total. The predicted octanol–water partition coefficient (Wildman–Crippen LogP) is 6.25. The number of hydrogen-bond acceptors (Lipinski definition) is 6. The first-order valence-corrected chi connectivity index (χ1v) is 11.7. The summed E-state index contributed by atoms with van der Waals surface area (Å²) >= 11 is 1.70. The van der Waals surface area contributed by atoms with Crippen molar-refractivity contribution in [3.63, 3.8) is 0 Å². The van der Waals surface area contributed by atoms with Gasteiger partial charge in [-0.2, -0.15) is 5.10 Å². The fourth-order valence-corrected chi connectivity index (χ4v) is 5.31. The van der Waals surface area contributed by atoms with Gasteiger partial charge in [-0.05, 0) is 44.9 Å². The van der Waals surface area contributed by atoms with Crippen molar-refractivity contribution >= 4 is 26.7 Å². The molecule has 4 aromatic rings. The quantitative estimate of drug-likeness (QED) is 0.403. The van der Waals surface area contributed by atoms with Crippen molar-refractivity contribution in [2.75, 3.05) is 5.32 Å². The molecule has 3 aromatic heterocycles. The molecule has 0 amide bonds. The molecule has 6 nitrogen and oxygen atoms in total. The van der Waals surface area contributed by atoms with Crippen LogP contribution in [0.3, 0.4) is 0 Å². The maximum atomic E-state index is 6.19. The number of aryl methyl sites for hydroxylation is 2. The summed E-state index contributed by atoms with van der Waals surface area (Å²) in [5.41, 5.74) is 5.00. The molecule has 31 heavy (non-hydrogen) atoms. The molecule has 1 aliphatic carbocycles. The van der Waals surface area contributed by atoms with Crippen LogP contribution in [-0.4, -0.2) is 25.8 Å². The Hall–Kier alpha value is -2.93. The Morgan fingerprint density at radius 3 is 2.65 bits per heavy atom. The second-order valence-electron chi connectivity index (χ2n) is 8.28. The summed E-state index contributed by atoms with van der Waals surface area (Å²) in [6.07, 6.45) is 8.25. The number of nitrogens with zero attached hydrogens (tertiary/aromatic N) is 4. The van der Waals surface area contributed by atoms with Gasteiger partial charge in [-0.25, -0.2) is 4.98 Å². The number of aromatic nitrogens is 4. The molecule has 0 radical (unpaired) electrons. The highest BCUT2D eigenvalue weighted by atomic mass is 32.1. The van der Waals surface area contributed by atoms with Crippen LogP contribution >= 0.6 is 11.3 Å². The molecule has 7 heteroatoms. The molecule has 0 saturated heterocycles. The van der Waals surface area contributed by atoms with Gasteiger partial charge in [0.1, 0.15) is 11.5 Å². The van der Waals surface area contributed by atoms with Gasteiger partial charge < -0.3 is 10.1 Å². The Bertz CT molecular complexity index is 1220. The number of ether oxygens (including phenoxy) is 1. The monoisotopic (exact) mass is 433 g/mol. The number of hydrogen-bond donors (Lipinski definition) is 1. The Labute approximate surface area is 186 Å². The molecule has 1 aromatic carbocycles. The minimum Gasteiger partial charge on any atom is -0.457 e. The van der Waals surface area contributed by atoms with Crippen LogP contribution in [0.4, 0.5) is 5.13 Å². The molecule has 3 heterocycles. The van der Waals surface area contributed by atoms with Gasteiger partial charge in [0.05, 0.1) is 21.6 Å². The van der Waals surface area contributed by atoms with Crippen LogP contribution in [0.15, 0.2) is 36.5 Å². The molecule has 1 aliphatic rings. The minimum atomic E-state index is 0.555. The van der Waals surface area contributed by atoms with E-state index in [0.717, 1.165) is 49.5 Å². The van der Waals surface area contributed by atoms with Gasteiger partial charge in [-0.1, -0.05) is 30.6 Å². The fraction of sp³-hybridized carbons (Fsp3) is 0.375. The Morgan fingerprint density at radius 1 is 1.06 bits per heavy atom. The van der Waals surface area contributed by atoms with Crippen LogP contribution in [0.5, 0.6) is 11.5 Å². The van der Waals surface area contributed by atoms with E-state index in [1.807, 2.05) is 42.9 Å². The Kier molecular flexibility index (Phi) is 5.36. The summed E-state index contributed by atoms with van der Waals surface area (Å²) in [4.78, 5) is 9.31. The lowest BCUT2D eigenvalue weighted by molar-refractivity contribution is 0.462. The number of anilines is 1. The smallest absolute Gasteiger partial charge is 0.184 e. The van der Waals surface area contributed by atoms with E-state index < -0.39 is 0 Å². The molecule has 5 rings (SSSR count). The molecule has 160 valence electrons. The molecular weight excluding hydrogens is 406 g/mol. The van der Waals surface area contributed by atoms with E-state index in [2.05, 4.69) is 28.4 Å². The van der Waals surface area contributed by atoms with Crippen molar-refractivity contribution in [2.24, 2.45) is 7.05 Å². The van der Waals surface area contributed by atoms with Crippen molar-refractivity contribution < 1.29 is 4.74 Å². The zero-order valence-electron chi connectivity index (χ0n) is 18.2. The molecule has 0 unspecified atom stereocenters. The van der Waals surface area contributed by atoms with Crippen molar-refractivity contribution in [2.45, 2.75) is 52.0 Å². The molecule has 1 saturated carbocycles. The number of benzene rings is 1. The standard InChI is InChI=1S/C24H27N5OS/c1-15-23(16(2)29(3)28-15)21-13-19(11-12-25-21)30-18-9-10-20-22(14-18)31-24(27-20)26-17-7-5-4-6-8-17/h9-14,17H,4-8H2,1-3H3,(H,26,27). The molecule has 1 fully saturated rings. The third-order valence-corrected chi connectivity index (χ3v) is 6.97. The maximum absolute atomic E-state index is 6.19. The summed E-state index contributed by atoms with van der Waals surface area (Å²) in [6, 6.07) is 10.5. The van der Waals surface area contributed by atoms with E-state index in [4.69, 9.17) is 9.72 Å². The van der Waals surface area contributed by atoms with Crippen molar-refractivity contribution in [1.82, 2.24) is 19.7 Å². The van der Waals surface area contributed by atoms with Gasteiger partial charge in [0.2, 0.25) is 0 Å². The van der Waals surface area contributed by atoms with Gasteiger partial charge in [0, 0.05) is 42.7 Å². The highest BCUT2D eigenvalue weighted by Crippen LogP contribution is 2.34. The highest BCUT2D eigenvalue weighted by Gasteiger charge is 2.16. The summed E-state index contributed by atoms with van der Waals surface area (Å²) in [7, 11) is 1.95. The first kappa shape index (κ1) is 20.0. The SMILES string of the molecule is Cc1nn(C)c(C)c1-c1cc(Oc2ccc3nc(NC4CCCCC4)sc3c2)ccn1. The number of nitrogens with one attached hydrogen (secondary N) is 1. The topological polar surface area (TPSA) is 64.9 Å². The van der Waals surface area contributed by atoms with Crippen LogP contribution in [0.2, 0.25) is 0 Å². The van der Waals surface area contributed by atoms with Crippen LogP contribution in [0.1, 0.15) is 43.5 Å². The molecular formula is C24H27N5OS. The Morgan fingerprint density at radius 2 is 1.87 bits per heavy atom. The normalized spacial score (nSPS) is 14.8. The minimum absolute atomic E-state index is 0.555. The van der Waals surface area contributed by atoms with Crippen molar-refractivity contribution in [1.29, 1.82) is 0 Å². The number of pyridine rings is 1. The van der Waals surface area contributed by atoms with E-state index in [9.17, 15) is 0 Å². The van der Waals surface area contributed by atoms with E-state index in [1.165, 1.54) is 32.1 Å². The van der Waals surface area contributed by atoms with Gasteiger partial charge in [-0.15, -0.1) is 0 Å². The largest absolute Gasteiger partial charge is 0.457 e. The average Bonchev–Trinajstić information content (AvgIpc) is 3.27. The van der Waals surface area contributed by atoms with Gasteiger partial charge in [-0.3, -0.25) is 9.67 Å². The first-order valence-electron chi connectivity index (χ1n) is 10.9. The summed E-state index contributed by atoms with van der Waals surface area (Å²) in [5.74, 6) is 1.56. The van der Waals surface area contributed by atoms with Crippen molar-refractivity contribution in [3.8, 4) is 22.8 Å². The number of fused-ring (bicyclic) bond motifs is 1. The third-order valence-electron chi connectivity index (χ3n) is 6.02. The fourth-order valence-electron chi connectivity index (χ4n) is 4.34. The predicted molar refractivity (Wildman–Crippen MR) is 126 cm³/mol. The van der Waals surface area contributed by atoms with Crippen molar-refractivity contribution in [3.05, 3.63) is 47.9 Å². The summed E-state index contributed by atoms with van der Waals surface area (Å²) in [6.45, 7) is 4.06. The molecule has 0 atom stereocenters. The number of rotatable bonds is 5. The van der Waals surface area contributed by atoms with Gasteiger partial charge >= 0.3 is 0 Å². The Balaban J connectivity index is 1.36. The number of thiazole rings is 1. The zero-order valence-corrected chi connectivity index (χ0v) is 19.0. The highest BCUT2D eigenvalue weighted by molar-refractivity contribution is 7.22. The van der Waals surface area contributed by atoms with Crippen LogP contribution < -0.4 is 10.1 Å². The van der Waals surface area contributed by atoms with E-state index in [1.54, 1.807) is 17.5 Å². The molecule has 0 bridgehead atoms. The summed E-state index contributed by atoms with van der Waals surface area (Å²) in [5, 5.41) is 9.14. The first-order chi connectivity index (χ1) is 15.1. The second-order valence-corrected chi connectivity index (χ2v) is 9.31.